The molecule has 0 heterocycles. The van der Waals surface area contributed by atoms with Crippen molar-refractivity contribution in [3.05, 3.63) is 12.7 Å². The summed E-state index contributed by atoms with van der Waals surface area (Å²) in [5, 5.41) is 0. The highest BCUT2D eigenvalue weighted by Gasteiger charge is 2.44. The van der Waals surface area contributed by atoms with Crippen molar-refractivity contribution in [2.24, 2.45) is 11.3 Å². The first-order chi connectivity index (χ1) is 4.85. The van der Waals surface area contributed by atoms with E-state index in [1.807, 2.05) is 0 Å². The Morgan fingerprint density at radius 1 is 1.10 bits per heavy atom. The molecular weight excluding hydrogens is 120 g/mol. The van der Waals surface area contributed by atoms with Gasteiger partial charge in [-0.05, 0) is 49.9 Å². The van der Waals surface area contributed by atoms with Crippen LogP contribution in [0, 0.1) is 11.3 Å². The van der Waals surface area contributed by atoms with Gasteiger partial charge in [0.15, 0.2) is 0 Å². The number of rotatable bonds is 1. The molecule has 0 aromatic rings. The molecule has 0 amide bonds. The molecule has 0 N–H and O–H groups in total. The van der Waals surface area contributed by atoms with E-state index in [2.05, 4.69) is 12.7 Å². The second-order valence-electron chi connectivity index (χ2n) is 4.07. The van der Waals surface area contributed by atoms with E-state index in [4.69, 9.17) is 0 Å². The molecule has 0 heteroatoms. The predicted molar refractivity (Wildman–Crippen MR) is 43.8 cm³/mol. The summed E-state index contributed by atoms with van der Waals surface area (Å²) < 4.78 is 0. The number of allylic oxidation sites excluding steroid dienone is 1. The summed E-state index contributed by atoms with van der Waals surface area (Å²) in [6.45, 7) is 3.85. The number of hydrogen-bond donors (Lipinski definition) is 0. The highest BCUT2D eigenvalue weighted by molar-refractivity contribution is 4.98. The van der Waals surface area contributed by atoms with E-state index >= 15 is 0 Å². The van der Waals surface area contributed by atoms with Crippen molar-refractivity contribution in [1.82, 2.24) is 0 Å². The van der Waals surface area contributed by atoms with Crippen LogP contribution in [-0.2, 0) is 0 Å². The smallest absolute Gasteiger partial charge is 0.0236 e. The van der Waals surface area contributed by atoms with E-state index in [1.54, 1.807) is 0 Å². The minimum Gasteiger partial charge on any atom is -0.103 e. The van der Waals surface area contributed by atoms with Gasteiger partial charge in [-0.25, -0.2) is 0 Å². The fourth-order valence-electron chi connectivity index (χ4n) is 2.16. The van der Waals surface area contributed by atoms with Gasteiger partial charge in [0.05, 0.1) is 0 Å². The Hall–Kier alpha value is -0.260. The summed E-state index contributed by atoms with van der Waals surface area (Å²) >= 11 is 0. The Morgan fingerprint density at radius 3 is 2.10 bits per heavy atom. The molecule has 0 aliphatic heterocycles. The second kappa shape index (κ2) is 2.11. The zero-order chi connectivity index (χ0) is 7.03. The van der Waals surface area contributed by atoms with Gasteiger partial charge in [-0.1, -0.05) is 6.08 Å². The van der Waals surface area contributed by atoms with Gasteiger partial charge in [0, 0.05) is 0 Å². The maximum absolute atomic E-state index is 3.85. The van der Waals surface area contributed by atoms with Gasteiger partial charge in [-0.3, -0.25) is 0 Å². The molecule has 56 valence electrons. The van der Waals surface area contributed by atoms with Gasteiger partial charge in [0.1, 0.15) is 0 Å². The van der Waals surface area contributed by atoms with Crippen molar-refractivity contribution in [3.8, 4) is 0 Å². The third-order valence-corrected chi connectivity index (χ3v) is 3.38. The average molecular weight is 136 g/mol. The Labute approximate surface area is 63.3 Å². The first kappa shape index (κ1) is 6.45. The lowest BCUT2D eigenvalue weighted by Crippen LogP contribution is -2.13. The Balaban J connectivity index is 1.89. The Bertz CT molecular complexity index is 132. The van der Waals surface area contributed by atoms with E-state index in [1.165, 1.54) is 38.5 Å². The van der Waals surface area contributed by atoms with Crippen molar-refractivity contribution in [3.63, 3.8) is 0 Å². The Kier molecular flexibility index (Phi) is 1.36. The molecule has 0 nitrogen and oxygen atoms in total. The van der Waals surface area contributed by atoms with Gasteiger partial charge in [0.25, 0.3) is 0 Å². The lowest BCUT2D eigenvalue weighted by Gasteiger charge is -2.25. The van der Waals surface area contributed by atoms with Crippen molar-refractivity contribution in [2.75, 3.05) is 0 Å². The van der Waals surface area contributed by atoms with Crippen LogP contribution in [0.15, 0.2) is 12.7 Å². The lowest BCUT2D eigenvalue weighted by molar-refractivity contribution is 0.291. The average Bonchev–Trinajstić information content (AvgIpc) is 2.72. The monoisotopic (exact) mass is 136 g/mol. The molecule has 2 saturated carbocycles. The third-order valence-electron chi connectivity index (χ3n) is 3.38. The van der Waals surface area contributed by atoms with E-state index in [0.29, 0.717) is 0 Å². The maximum Gasteiger partial charge on any atom is -0.0236 e. The first-order valence-electron chi connectivity index (χ1n) is 4.47. The quantitative estimate of drug-likeness (QED) is 0.486. The zero-order valence-electron chi connectivity index (χ0n) is 6.60. The SMILES string of the molecule is C=CC1CCC2(CC1)CC2. The van der Waals surface area contributed by atoms with Crippen LogP contribution in [0.25, 0.3) is 0 Å². The third kappa shape index (κ3) is 1.00. The second-order valence-corrected chi connectivity index (χ2v) is 4.07. The minimum atomic E-state index is 0.853. The zero-order valence-corrected chi connectivity index (χ0v) is 6.60. The molecular formula is C10H16. The normalized spacial score (nSPS) is 30.4. The molecule has 0 saturated heterocycles. The van der Waals surface area contributed by atoms with Crippen LogP contribution in [0.1, 0.15) is 38.5 Å². The summed E-state index contributed by atoms with van der Waals surface area (Å²) in [6, 6.07) is 0. The topological polar surface area (TPSA) is 0 Å². The number of hydrogen-bond acceptors (Lipinski definition) is 0. The van der Waals surface area contributed by atoms with Crippen molar-refractivity contribution in [2.45, 2.75) is 38.5 Å². The van der Waals surface area contributed by atoms with E-state index in [0.717, 1.165) is 11.3 Å². The van der Waals surface area contributed by atoms with Gasteiger partial charge in [-0.2, -0.15) is 0 Å². The summed E-state index contributed by atoms with van der Waals surface area (Å²) in [7, 11) is 0. The predicted octanol–water partition coefficient (Wildman–Crippen LogP) is 3.14. The molecule has 0 aromatic heterocycles. The van der Waals surface area contributed by atoms with Crippen molar-refractivity contribution >= 4 is 0 Å². The van der Waals surface area contributed by atoms with Gasteiger partial charge in [-0.15, -0.1) is 6.58 Å². The maximum atomic E-state index is 3.85. The van der Waals surface area contributed by atoms with E-state index in [-0.39, 0.29) is 0 Å². The van der Waals surface area contributed by atoms with Gasteiger partial charge < -0.3 is 0 Å². The largest absolute Gasteiger partial charge is 0.103 e. The summed E-state index contributed by atoms with van der Waals surface area (Å²) in [6.07, 6.45) is 11.0. The molecule has 2 aliphatic carbocycles. The molecule has 1 spiro atoms. The summed E-state index contributed by atoms with van der Waals surface area (Å²) in [4.78, 5) is 0. The molecule has 10 heavy (non-hydrogen) atoms. The van der Waals surface area contributed by atoms with Crippen LogP contribution in [0.4, 0.5) is 0 Å². The van der Waals surface area contributed by atoms with Crippen LogP contribution in [0.5, 0.6) is 0 Å². The summed E-state index contributed by atoms with van der Waals surface area (Å²) in [5.74, 6) is 0.853. The highest BCUT2D eigenvalue weighted by atomic mass is 14.5. The molecule has 0 aromatic carbocycles. The fourth-order valence-corrected chi connectivity index (χ4v) is 2.16. The van der Waals surface area contributed by atoms with Crippen LogP contribution in [0.3, 0.4) is 0 Å². The van der Waals surface area contributed by atoms with Crippen LogP contribution < -0.4 is 0 Å². The molecule has 0 bridgehead atoms. The first-order valence-corrected chi connectivity index (χ1v) is 4.47. The molecule has 2 rings (SSSR count). The van der Waals surface area contributed by atoms with E-state index in [9.17, 15) is 0 Å². The van der Waals surface area contributed by atoms with Crippen molar-refractivity contribution in [1.29, 1.82) is 0 Å². The fraction of sp³-hybridized carbons (Fsp3) is 0.800. The highest BCUT2D eigenvalue weighted by Crippen LogP contribution is 2.57. The van der Waals surface area contributed by atoms with Crippen LogP contribution >= 0.6 is 0 Å². The van der Waals surface area contributed by atoms with Gasteiger partial charge >= 0.3 is 0 Å². The molecule has 0 unspecified atom stereocenters. The standard InChI is InChI=1S/C10H16/c1-2-9-3-5-10(6-4-9)7-8-10/h2,9H,1,3-8H2. The molecule has 0 radical (unpaired) electrons. The van der Waals surface area contributed by atoms with Gasteiger partial charge in [0.2, 0.25) is 0 Å². The van der Waals surface area contributed by atoms with Crippen LogP contribution in [0.2, 0.25) is 0 Å². The summed E-state index contributed by atoms with van der Waals surface area (Å²) in [5.41, 5.74) is 0.861. The van der Waals surface area contributed by atoms with Crippen LogP contribution in [-0.4, -0.2) is 0 Å². The van der Waals surface area contributed by atoms with Crippen molar-refractivity contribution < 1.29 is 0 Å². The minimum absolute atomic E-state index is 0.853. The Morgan fingerprint density at radius 2 is 1.70 bits per heavy atom. The molecule has 2 aliphatic rings. The van der Waals surface area contributed by atoms with E-state index < -0.39 is 0 Å². The molecule has 0 atom stereocenters. The molecule has 2 fully saturated rings. The lowest BCUT2D eigenvalue weighted by atomic mass is 9.80.